The maximum Gasteiger partial charge on any atom is 0.129 e. The van der Waals surface area contributed by atoms with E-state index in [9.17, 15) is 13.9 Å². The monoisotopic (exact) mass is 252 g/mol. The Labute approximate surface area is 104 Å². The Hall–Kier alpha value is -1.75. The molecular formula is C13H14F2N2O. The first-order chi connectivity index (χ1) is 8.56. The van der Waals surface area contributed by atoms with Crippen molar-refractivity contribution in [3.8, 4) is 0 Å². The van der Waals surface area contributed by atoms with E-state index in [1.165, 1.54) is 18.2 Å². The third kappa shape index (κ3) is 2.92. The lowest BCUT2D eigenvalue weighted by atomic mass is 10.0. The number of rotatable bonds is 4. The van der Waals surface area contributed by atoms with E-state index in [4.69, 9.17) is 0 Å². The highest BCUT2D eigenvalue weighted by molar-refractivity contribution is 5.21. The summed E-state index contributed by atoms with van der Waals surface area (Å²) in [4.78, 5) is 0. The van der Waals surface area contributed by atoms with Crippen LogP contribution in [-0.2, 0) is 19.9 Å². The fraction of sp³-hybridized carbons (Fsp3) is 0.308. The highest BCUT2D eigenvalue weighted by Crippen LogP contribution is 2.15. The molecule has 0 spiro atoms. The Kier molecular flexibility index (Phi) is 3.72. The zero-order chi connectivity index (χ0) is 13.1. The van der Waals surface area contributed by atoms with Gasteiger partial charge in [-0.3, -0.25) is 4.68 Å². The van der Waals surface area contributed by atoms with Crippen molar-refractivity contribution in [3.05, 3.63) is 53.4 Å². The summed E-state index contributed by atoms with van der Waals surface area (Å²) < 4.78 is 28.4. The first-order valence-electron chi connectivity index (χ1n) is 5.64. The molecule has 0 saturated heterocycles. The van der Waals surface area contributed by atoms with Crippen molar-refractivity contribution >= 4 is 0 Å². The molecule has 1 aromatic carbocycles. The Bertz CT molecular complexity index is 519. The van der Waals surface area contributed by atoms with Gasteiger partial charge in [-0.2, -0.15) is 5.10 Å². The number of benzene rings is 1. The van der Waals surface area contributed by atoms with Gasteiger partial charge in [0, 0.05) is 31.6 Å². The zero-order valence-electron chi connectivity index (χ0n) is 9.98. The second kappa shape index (κ2) is 5.27. The fourth-order valence-corrected chi connectivity index (χ4v) is 1.88. The van der Waals surface area contributed by atoms with Gasteiger partial charge in [-0.05, 0) is 17.7 Å². The third-order valence-corrected chi connectivity index (χ3v) is 2.73. The van der Waals surface area contributed by atoms with Gasteiger partial charge in [0.25, 0.3) is 0 Å². The van der Waals surface area contributed by atoms with Crippen LogP contribution in [0, 0.1) is 11.6 Å². The summed E-state index contributed by atoms with van der Waals surface area (Å²) in [5.74, 6) is -1.25. The van der Waals surface area contributed by atoms with Crippen LogP contribution in [0.5, 0.6) is 0 Å². The molecule has 0 amide bonds. The van der Waals surface area contributed by atoms with Gasteiger partial charge in [0.05, 0.1) is 12.3 Å². The third-order valence-electron chi connectivity index (χ3n) is 2.73. The first-order valence-corrected chi connectivity index (χ1v) is 5.64. The van der Waals surface area contributed by atoms with Crippen LogP contribution in [0.4, 0.5) is 8.78 Å². The van der Waals surface area contributed by atoms with Crippen molar-refractivity contribution in [1.82, 2.24) is 9.78 Å². The van der Waals surface area contributed by atoms with E-state index < -0.39 is 17.7 Å². The number of halogens is 2. The Morgan fingerprint density at radius 1 is 1.28 bits per heavy atom. The quantitative estimate of drug-likeness (QED) is 0.901. The molecular weight excluding hydrogens is 238 g/mol. The molecule has 0 aliphatic carbocycles. The highest BCUT2D eigenvalue weighted by Gasteiger charge is 2.14. The molecule has 0 aliphatic heterocycles. The number of hydrogen-bond acceptors (Lipinski definition) is 2. The topological polar surface area (TPSA) is 38.0 Å². The normalized spacial score (nSPS) is 12.7. The second-order valence-electron chi connectivity index (χ2n) is 4.28. The molecule has 0 bridgehead atoms. The standard InChI is InChI=1S/C13H14F2N2O/c1-17-8-9(7-16-17)5-10(18)6-11-12(14)3-2-4-13(11)15/h2-4,7-8,10,18H,5-6H2,1H3. The van der Waals surface area contributed by atoms with Gasteiger partial charge in [0.1, 0.15) is 11.6 Å². The molecule has 2 aromatic rings. The molecule has 1 unspecified atom stereocenters. The van der Waals surface area contributed by atoms with Crippen LogP contribution in [0.1, 0.15) is 11.1 Å². The predicted octanol–water partition coefficient (Wildman–Crippen LogP) is 1.84. The van der Waals surface area contributed by atoms with Gasteiger partial charge >= 0.3 is 0 Å². The maximum absolute atomic E-state index is 13.4. The minimum atomic E-state index is -0.833. The lowest BCUT2D eigenvalue weighted by Gasteiger charge is -2.10. The summed E-state index contributed by atoms with van der Waals surface area (Å²) >= 11 is 0. The summed E-state index contributed by atoms with van der Waals surface area (Å²) in [5, 5.41) is 13.8. The number of aliphatic hydroxyl groups excluding tert-OH is 1. The summed E-state index contributed by atoms with van der Waals surface area (Å²) in [6, 6.07) is 3.69. The zero-order valence-corrected chi connectivity index (χ0v) is 9.98. The number of aryl methyl sites for hydroxylation is 1. The molecule has 0 radical (unpaired) electrons. The summed E-state index contributed by atoms with van der Waals surface area (Å²) in [6.07, 6.45) is 2.83. The SMILES string of the molecule is Cn1cc(CC(O)Cc2c(F)cccc2F)cn1. The minimum Gasteiger partial charge on any atom is -0.392 e. The van der Waals surface area contributed by atoms with E-state index in [1.54, 1.807) is 24.1 Å². The van der Waals surface area contributed by atoms with Crippen molar-refractivity contribution in [3.63, 3.8) is 0 Å². The number of hydrogen-bond donors (Lipinski definition) is 1. The average Bonchev–Trinajstić information content (AvgIpc) is 2.69. The molecule has 1 aromatic heterocycles. The van der Waals surface area contributed by atoms with Crippen LogP contribution in [0.3, 0.4) is 0 Å². The molecule has 0 fully saturated rings. The van der Waals surface area contributed by atoms with Crippen LogP contribution >= 0.6 is 0 Å². The largest absolute Gasteiger partial charge is 0.392 e. The summed E-state index contributed by atoms with van der Waals surface area (Å²) in [7, 11) is 1.77. The minimum absolute atomic E-state index is 0.0482. The maximum atomic E-state index is 13.4. The smallest absolute Gasteiger partial charge is 0.129 e. The van der Waals surface area contributed by atoms with Crippen molar-refractivity contribution in [2.24, 2.45) is 7.05 Å². The van der Waals surface area contributed by atoms with E-state index in [2.05, 4.69) is 5.10 Å². The Balaban J connectivity index is 2.05. The first kappa shape index (κ1) is 12.7. The predicted molar refractivity (Wildman–Crippen MR) is 63.0 cm³/mol. The van der Waals surface area contributed by atoms with Crippen LogP contribution in [0.15, 0.2) is 30.6 Å². The highest BCUT2D eigenvalue weighted by atomic mass is 19.1. The van der Waals surface area contributed by atoms with Crippen LogP contribution in [0.2, 0.25) is 0 Å². The van der Waals surface area contributed by atoms with Crippen molar-refractivity contribution in [2.45, 2.75) is 18.9 Å². The lowest BCUT2D eigenvalue weighted by molar-refractivity contribution is 0.172. The van der Waals surface area contributed by atoms with Crippen LogP contribution < -0.4 is 0 Å². The summed E-state index contributed by atoms with van der Waals surface area (Å²) in [5.41, 5.74) is 0.760. The van der Waals surface area contributed by atoms with Crippen LogP contribution in [-0.4, -0.2) is 21.0 Å². The van der Waals surface area contributed by atoms with E-state index in [0.29, 0.717) is 6.42 Å². The average molecular weight is 252 g/mol. The molecule has 2 rings (SSSR count). The molecule has 18 heavy (non-hydrogen) atoms. The van der Waals surface area contributed by atoms with Gasteiger partial charge in [-0.15, -0.1) is 0 Å². The van der Waals surface area contributed by atoms with E-state index >= 15 is 0 Å². The molecule has 1 heterocycles. The molecule has 96 valence electrons. The number of aromatic nitrogens is 2. The molecule has 0 saturated carbocycles. The molecule has 5 heteroatoms. The van der Waals surface area contributed by atoms with Crippen LogP contribution in [0.25, 0.3) is 0 Å². The fourth-order valence-electron chi connectivity index (χ4n) is 1.88. The molecule has 0 aliphatic rings. The van der Waals surface area contributed by atoms with Crippen molar-refractivity contribution in [2.75, 3.05) is 0 Å². The molecule has 3 nitrogen and oxygen atoms in total. The Morgan fingerprint density at radius 3 is 2.50 bits per heavy atom. The molecule has 1 N–H and O–H groups in total. The van der Waals surface area contributed by atoms with E-state index in [1.807, 2.05) is 0 Å². The lowest BCUT2D eigenvalue weighted by Crippen LogP contribution is -2.15. The molecule has 1 atom stereocenters. The number of aliphatic hydroxyl groups is 1. The van der Waals surface area contributed by atoms with E-state index in [-0.39, 0.29) is 12.0 Å². The van der Waals surface area contributed by atoms with E-state index in [0.717, 1.165) is 5.56 Å². The van der Waals surface area contributed by atoms with Gasteiger partial charge < -0.3 is 5.11 Å². The van der Waals surface area contributed by atoms with Crippen molar-refractivity contribution < 1.29 is 13.9 Å². The van der Waals surface area contributed by atoms with Gasteiger partial charge in [-0.1, -0.05) is 6.07 Å². The van der Waals surface area contributed by atoms with Crippen molar-refractivity contribution in [1.29, 1.82) is 0 Å². The Morgan fingerprint density at radius 2 is 1.94 bits per heavy atom. The summed E-state index contributed by atoms with van der Waals surface area (Å²) in [6.45, 7) is 0. The van der Waals surface area contributed by atoms with Gasteiger partial charge in [0.2, 0.25) is 0 Å². The van der Waals surface area contributed by atoms with Gasteiger partial charge in [0.15, 0.2) is 0 Å². The second-order valence-corrected chi connectivity index (χ2v) is 4.28. The number of nitrogens with zero attached hydrogens (tertiary/aromatic N) is 2. The van der Waals surface area contributed by atoms with Gasteiger partial charge in [-0.25, -0.2) is 8.78 Å².